The highest BCUT2D eigenvalue weighted by Gasteiger charge is 2.13. The van der Waals surface area contributed by atoms with Gasteiger partial charge in [-0.05, 0) is 36.2 Å². The average molecular weight is 225 g/mol. The zero-order chi connectivity index (χ0) is 11.3. The van der Waals surface area contributed by atoms with Crippen LogP contribution in [0.25, 0.3) is 0 Å². The van der Waals surface area contributed by atoms with Gasteiger partial charge in [-0.25, -0.2) is 0 Å². The normalized spacial score (nSPS) is 15.5. The number of nitrogens with one attached hydrogen (secondary N) is 1. The smallest absolute Gasteiger partial charge is 0.00479 e. The van der Waals surface area contributed by atoms with E-state index >= 15 is 0 Å². The van der Waals surface area contributed by atoms with Gasteiger partial charge in [0, 0.05) is 10.9 Å². The molecule has 0 amide bonds. The summed E-state index contributed by atoms with van der Waals surface area (Å²) in [7, 11) is 0. The van der Waals surface area contributed by atoms with Crippen LogP contribution in [0.4, 0.5) is 0 Å². The van der Waals surface area contributed by atoms with Crippen molar-refractivity contribution in [3.05, 3.63) is 22.4 Å². The first-order valence-corrected chi connectivity index (χ1v) is 6.73. The van der Waals surface area contributed by atoms with Crippen LogP contribution in [0.1, 0.15) is 32.6 Å². The molecule has 2 unspecified atom stereocenters. The first-order valence-electron chi connectivity index (χ1n) is 5.85. The van der Waals surface area contributed by atoms with E-state index < -0.39 is 0 Å². The first-order chi connectivity index (χ1) is 7.09. The Hall–Kier alpha value is -0.340. The molecule has 15 heavy (non-hydrogen) atoms. The molecule has 2 heteroatoms. The van der Waals surface area contributed by atoms with Crippen LogP contribution in [0.2, 0.25) is 0 Å². The molecule has 1 aromatic rings. The summed E-state index contributed by atoms with van der Waals surface area (Å²) in [6.07, 6.45) is 1.22. The molecule has 0 aliphatic carbocycles. The Morgan fingerprint density at radius 1 is 1.20 bits per heavy atom. The quantitative estimate of drug-likeness (QED) is 0.780. The van der Waals surface area contributed by atoms with Crippen LogP contribution >= 0.6 is 11.3 Å². The van der Waals surface area contributed by atoms with Crippen molar-refractivity contribution >= 4 is 11.3 Å². The molecule has 0 radical (unpaired) electrons. The highest BCUT2D eigenvalue weighted by atomic mass is 32.1. The number of rotatable bonds is 6. The lowest BCUT2D eigenvalue weighted by atomic mass is 9.92. The standard InChI is InChI=1S/C13H23NS/c1-10(2)14-9-12(4)11(3)8-13-6-5-7-15-13/h5-7,10-12,14H,8-9H2,1-4H3. The minimum absolute atomic E-state index is 0.599. The first kappa shape index (κ1) is 12.7. The van der Waals surface area contributed by atoms with E-state index in [-0.39, 0.29) is 0 Å². The van der Waals surface area contributed by atoms with Gasteiger partial charge in [0.25, 0.3) is 0 Å². The molecule has 0 aliphatic rings. The van der Waals surface area contributed by atoms with E-state index in [2.05, 4.69) is 50.5 Å². The lowest BCUT2D eigenvalue weighted by molar-refractivity contribution is 0.355. The second-order valence-electron chi connectivity index (χ2n) is 4.80. The van der Waals surface area contributed by atoms with E-state index in [1.165, 1.54) is 11.3 Å². The maximum Gasteiger partial charge on any atom is 0.00479 e. The Labute approximate surface area is 97.9 Å². The van der Waals surface area contributed by atoms with Crippen LogP contribution in [0.15, 0.2) is 17.5 Å². The van der Waals surface area contributed by atoms with Gasteiger partial charge in [0.05, 0.1) is 0 Å². The average Bonchev–Trinajstić information content (AvgIpc) is 2.66. The predicted octanol–water partition coefficient (Wildman–Crippen LogP) is 3.56. The van der Waals surface area contributed by atoms with E-state index in [0.717, 1.165) is 18.4 Å². The third-order valence-electron chi connectivity index (χ3n) is 2.92. The second kappa shape index (κ2) is 6.29. The van der Waals surface area contributed by atoms with Crippen molar-refractivity contribution in [1.29, 1.82) is 0 Å². The van der Waals surface area contributed by atoms with Gasteiger partial charge in [-0.3, -0.25) is 0 Å². The largest absolute Gasteiger partial charge is 0.314 e. The van der Waals surface area contributed by atoms with E-state index in [1.54, 1.807) is 0 Å². The van der Waals surface area contributed by atoms with Gasteiger partial charge in [-0.1, -0.05) is 33.8 Å². The molecule has 86 valence electrons. The van der Waals surface area contributed by atoms with Crippen LogP contribution in [0.3, 0.4) is 0 Å². The number of thiophene rings is 1. The van der Waals surface area contributed by atoms with Crippen molar-refractivity contribution in [3.8, 4) is 0 Å². The van der Waals surface area contributed by atoms with Gasteiger partial charge in [-0.2, -0.15) is 0 Å². The third-order valence-corrected chi connectivity index (χ3v) is 3.82. The molecule has 0 saturated carbocycles. The summed E-state index contributed by atoms with van der Waals surface area (Å²) in [5.41, 5.74) is 0. The molecule has 0 bridgehead atoms. The van der Waals surface area contributed by atoms with Crippen molar-refractivity contribution in [2.24, 2.45) is 11.8 Å². The van der Waals surface area contributed by atoms with Crippen molar-refractivity contribution in [2.45, 2.75) is 40.2 Å². The van der Waals surface area contributed by atoms with Crippen LogP contribution in [-0.4, -0.2) is 12.6 Å². The van der Waals surface area contributed by atoms with Gasteiger partial charge in [-0.15, -0.1) is 11.3 Å². The third kappa shape index (κ3) is 4.80. The summed E-state index contributed by atoms with van der Waals surface area (Å²) >= 11 is 1.87. The zero-order valence-electron chi connectivity index (χ0n) is 10.3. The van der Waals surface area contributed by atoms with Crippen LogP contribution < -0.4 is 5.32 Å². The molecule has 2 atom stereocenters. The number of hydrogen-bond acceptors (Lipinski definition) is 2. The number of hydrogen-bond donors (Lipinski definition) is 1. The maximum atomic E-state index is 3.51. The maximum absolute atomic E-state index is 3.51. The minimum Gasteiger partial charge on any atom is -0.314 e. The zero-order valence-corrected chi connectivity index (χ0v) is 11.1. The fourth-order valence-electron chi connectivity index (χ4n) is 1.57. The van der Waals surface area contributed by atoms with Crippen LogP contribution in [0, 0.1) is 11.8 Å². The lowest BCUT2D eigenvalue weighted by Crippen LogP contribution is -2.30. The van der Waals surface area contributed by atoms with Gasteiger partial charge in [0.2, 0.25) is 0 Å². The molecule has 0 aliphatic heterocycles. The fraction of sp³-hybridized carbons (Fsp3) is 0.692. The molecule has 0 aromatic carbocycles. The molecule has 1 rings (SSSR count). The topological polar surface area (TPSA) is 12.0 Å². The fourth-order valence-corrected chi connectivity index (χ4v) is 2.42. The van der Waals surface area contributed by atoms with Crippen molar-refractivity contribution in [1.82, 2.24) is 5.32 Å². The summed E-state index contributed by atoms with van der Waals surface area (Å²) in [6, 6.07) is 4.98. The summed E-state index contributed by atoms with van der Waals surface area (Å²) in [5, 5.41) is 5.67. The van der Waals surface area contributed by atoms with Crippen molar-refractivity contribution < 1.29 is 0 Å². The Kier molecular flexibility index (Phi) is 5.34. The Morgan fingerprint density at radius 2 is 1.93 bits per heavy atom. The van der Waals surface area contributed by atoms with Crippen LogP contribution in [-0.2, 0) is 6.42 Å². The van der Waals surface area contributed by atoms with Crippen molar-refractivity contribution in [2.75, 3.05) is 6.54 Å². The minimum atomic E-state index is 0.599. The van der Waals surface area contributed by atoms with Crippen molar-refractivity contribution in [3.63, 3.8) is 0 Å². The summed E-state index contributed by atoms with van der Waals surface area (Å²) < 4.78 is 0. The van der Waals surface area contributed by atoms with Crippen LogP contribution in [0.5, 0.6) is 0 Å². The Bertz CT molecular complexity index is 254. The molecular formula is C13H23NS. The molecular weight excluding hydrogens is 202 g/mol. The second-order valence-corrected chi connectivity index (χ2v) is 5.83. The summed E-state index contributed by atoms with van der Waals surface area (Å²) in [6.45, 7) is 10.2. The van der Waals surface area contributed by atoms with Gasteiger partial charge in [0.1, 0.15) is 0 Å². The molecule has 0 spiro atoms. The summed E-state index contributed by atoms with van der Waals surface area (Å²) in [4.78, 5) is 1.51. The van der Waals surface area contributed by atoms with Gasteiger partial charge in [0.15, 0.2) is 0 Å². The monoisotopic (exact) mass is 225 g/mol. The molecule has 1 aromatic heterocycles. The molecule has 1 heterocycles. The van der Waals surface area contributed by atoms with Gasteiger partial charge >= 0.3 is 0 Å². The Morgan fingerprint density at radius 3 is 2.47 bits per heavy atom. The molecule has 1 N–H and O–H groups in total. The van der Waals surface area contributed by atoms with E-state index in [0.29, 0.717) is 6.04 Å². The highest BCUT2D eigenvalue weighted by molar-refractivity contribution is 7.09. The Balaban J connectivity index is 2.30. The van der Waals surface area contributed by atoms with E-state index in [4.69, 9.17) is 0 Å². The summed E-state index contributed by atoms with van der Waals surface area (Å²) in [5.74, 6) is 1.50. The molecule has 1 nitrogen and oxygen atoms in total. The predicted molar refractivity (Wildman–Crippen MR) is 69.5 cm³/mol. The molecule has 0 saturated heterocycles. The lowest BCUT2D eigenvalue weighted by Gasteiger charge is -2.21. The SMILES string of the molecule is CC(C)NCC(C)C(C)Cc1cccs1. The van der Waals surface area contributed by atoms with Gasteiger partial charge < -0.3 is 5.32 Å². The highest BCUT2D eigenvalue weighted by Crippen LogP contribution is 2.19. The molecule has 0 fully saturated rings. The van der Waals surface area contributed by atoms with E-state index in [9.17, 15) is 0 Å². The van der Waals surface area contributed by atoms with E-state index in [1.807, 2.05) is 11.3 Å².